The van der Waals surface area contributed by atoms with Crippen molar-refractivity contribution in [2.75, 3.05) is 18.2 Å². The van der Waals surface area contributed by atoms with Gasteiger partial charge in [0.2, 0.25) is 0 Å². The molecule has 29 heavy (non-hydrogen) atoms. The van der Waals surface area contributed by atoms with Crippen molar-refractivity contribution in [1.29, 1.82) is 0 Å². The van der Waals surface area contributed by atoms with Crippen LogP contribution in [0.3, 0.4) is 0 Å². The summed E-state index contributed by atoms with van der Waals surface area (Å²) in [5, 5.41) is 5.89. The van der Waals surface area contributed by atoms with E-state index in [1.807, 2.05) is 64.1 Å². The first-order valence-electron chi connectivity index (χ1n) is 9.33. The van der Waals surface area contributed by atoms with Crippen LogP contribution in [-0.4, -0.2) is 24.8 Å². The zero-order valence-corrected chi connectivity index (χ0v) is 19.9. The number of benzene rings is 2. The molecule has 0 aliphatic carbocycles. The fraction of sp³-hybridized carbons (Fsp3) is 0.273. The Morgan fingerprint density at radius 1 is 1.03 bits per heavy atom. The average Bonchev–Trinajstić information content (AvgIpc) is 2.97. The van der Waals surface area contributed by atoms with E-state index >= 15 is 0 Å². The fourth-order valence-corrected chi connectivity index (χ4v) is 3.90. The number of hydrogen-bond acceptors (Lipinski definition) is 4. The summed E-state index contributed by atoms with van der Waals surface area (Å²) >= 11 is 7.19. The normalized spacial score (nSPS) is 15.1. The third-order valence-electron chi connectivity index (χ3n) is 4.39. The van der Waals surface area contributed by atoms with Gasteiger partial charge in [0.05, 0.1) is 34.7 Å². The Morgan fingerprint density at radius 3 is 2.31 bits per heavy atom. The van der Waals surface area contributed by atoms with E-state index in [4.69, 9.17) is 9.47 Å². The van der Waals surface area contributed by atoms with E-state index in [9.17, 15) is 4.79 Å². The summed E-state index contributed by atoms with van der Waals surface area (Å²) in [5.74, 6) is 1.08. The van der Waals surface area contributed by atoms with Gasteiger partial charge < -0.3 is 9.47 Å². The molecule has 2 aromatic rings. The lowest BCUT2D eigenvalue weighted by atomic mass is 10.1. The van der Waals surface area contributed by atoms with Crippen molar-refractivity contribution in [2.45, 2.75) is 27.7 Å². The molecule has 1 amide bonds. The van der Waals surface area contributed by atoms with Crippen LogP contribution >= 0.6 is 31.9 Å². The van der Waals surface area contributed by atoms with E-state index in [-0.39, 0.29) is 5.91 Å². The molecule has 0 atom stereocenters. The third kappa shape index (κ3) is 4.41. The van der Waals surface area contributed by atoms with Crippen molar-refractivity contribution >= 4 is 55.2 Å². The zero-order valence-electron chi connectivity index (χ0n) is 16.8. The maximum absolute atomic E-state index is 13.0. The topological polar surface area (TPSA) is 51.1 Å². The maximum Gasteiger partial charge on any atom is 0.280 e. The molecule has 0 spiro atoms. The molecule has 152 valence electrons. The zero-order chi connectivity index (χ0) is 21.1. The number of nitrogens with zero attached hydrogens (tertiary/aromatic N) is 2. The van der Waals surface area contributed by atoms with Crippen molar-refractivity contribution in [1.82, 2.24) is 0 Å². The molecule has 0 fully saturated rings. The SMILES string of the molecule is CCOc1cc(/C=C2\C(=O)N(c3ccc(C)cc3)N=C2C)c(Br)c(Br)c1OCC. The molecule has 0 unspecified atom stereocenters. The lowest BCUT2D eigenvalue weighted by Gasteiger charge is -2.16. The van der Waals surface area contributed by atoms with Crippen LogP contribution in [0.4, 0.5) is 5.69 Å². The van der Waals surface area contributed by atoms with Crippen LogP contribution in [0.25, 0.3) is 6.08 Å². The predicted molar refractivity (Wildman–Crippen MR) is 124 cm³/mol. The van der Waals surface area contributed by atoms with Gasteiger partial charge in [-0.15, -0.1) is 0 Å². The van der Waals surface area contributed by atoms with E-state index in [2.05, 4.69) is 37.0 Å². The molecule has 1 heterocycles. The smallest absolute Gasteiger partial charge is 0.280 e. The number of aryl methyl sites for hydroxylation is 1. The van der Waals surface area contributed by atoms with Crippen molar-refractivity contribution in [3.8, 4) is 11.5 Å². The summed E-state index contributed by atoms with van der Waals surface area (Å²) in [6, 6.07) is 9.58. The molecule has 0 saturated carbocycles. The fourth-order valence-electron chi connectivity index (χ4n) is 2.95. The number of hydrogen-bond donors (Lipinski definition) is 0. The van der Waals surface area contributed by atoms with Crippen molar-refractivity contribution in [2.24, 2.45) is 5.10 Å². The van der Waals surface area contributed by atoms with Gasteiger partial charge in [0.15, 0.2) is 11.5 Å². The lowest BCUT2D eigenvalue weighted by Crippen LogP contribution is -2.21. The van der Waals surface area contributed by atoms with Crippen LogP contribution < -0.4 is 14.5 Å². The Morgan fingerprint density at radius 2 is 1.69 bits per heavy atom. The molecule has 0 saturated heterocycles. The molecule has 0 bridgehead atoms. The van der Waals surface area contributed by atoms with Crippen molar-refractivity contribution in [3.63, 3.8) is 0 Å². The summed E-state index contributed by atoms with van der Waals surface area (Å²) in [6.45, 7) is 8.70. The number of ether oxygens (including phenoxy) is 2. The highest BCUT2D eigenvalue weighted by Gasteiger charge is 2.29. The van der Waals surface area contributed by atoms with Crippen LogP contribution in [0.5, 0.6) is 11.5 Å². The van der Waals surface area contributed by atoms with E-state index in [1.165, 1.54) is 5.01 Å². The number of carbonyl (C=O) groups is 1. The monoisotopic (exact) mass is 520 g/mol. The minimum atomic E-state index is -0.166. The molecule has 2 aromatic carbocycles. The van der Waals surface area contributed by atoms with Gasteiger partial charge in [0.1, 0.15) is 0 Å². The Labute approximate surface area is 187 Å². The Kier molecular flexibility index (Phi) is 6.80. The standard InChI is InChI=1S/C22H22Br2N2O3/c1-5-28-18-12-15(19(23)20(24)21(18)29-6-2)11-17-14(4)25-26(22(17)27)16-9-7-13(3)8-10-16/h7-12H,5-6H2,1-4H3/b17-11-. The molecule has 1 aliphatic heterocycles. The van der Waals surface area contributed by atoms with Crippen LogP contribution in [0.15, 0.2) is 50.0 Å². The minimum Gasteiger partial charge on any atom is -0.490 e. The Balaban J connectivity index is 2.02. The summed E-state index contributed by atoms with van der Waals surface area (Å²) in [4.78, 5) is 13.0. The summed E-state index contributed by atoms with van der Waals surface area (Å²) in [7, 11) is 0. The van der Waals surface area contributed by atoms with Crippen LogP contribution in [0, 0.1) is 6.92 Å². The van der Waals surface area contributed by atoms with Gasteiger partial charge in [-0.1, -0.05) is 17.7 Å². The van der Waals surface area contributed by atoms with Crippen LogP contribution in [0.1, 0.15) is 31.9 Å². The highest BCUT2D eigenvalue weighted by atomic mass is 79.9. The molecule has 5 nitrogen and oxygen atoms in total. The summed E-state index contributed by atoms with van der Waals surface area (Å²) in [5.41, 5.74) is 3.86. The average molecular weight is 522 g/mol. The molecule has 1 aliphatic rings. The Bertz CT molecular complexity index is 998. The third-order valence-corrected chi connectivity index (χ3v) is 6.53. The largest absolute Gasteiger partial charge is 0.490 e. The van der Waals surface area contributed by atoms with Crippen molar-refractivity contribution in [3.05, 3.63) is 56.0 Å². The highest BCUT2D eigenvalue weighted by Crippen LogP contribution is 2.44. The highest BCUT2D eigenvalue weighted by molar-refractivity contribution is 9.13. The minimum absolute atomic E-state index is 0.166. The van der Waals surface area contributed by atoms with Crippen molar-refractivity contribution < 1.29 is 14.3 Å². The second-order valence-corrected chi connectivity index (χ2v) is 8.07. The molecule has 3 rings (SSSR count). The first-order chi connectivity index (χ1) is 13.9. The molecule has 0 N–H and O–H groups in total. The molecule has 0 aromatic heterocycles. The summed E-state index contributed by atoms with van der Waals surface area (Å²) < 4.78 is 13.0. The maximum atomic E-state index is 13.0. The van der Waals surface area contributed by atoms with E-state index in [0.717, 1.165) is 25.8 Å². The molecule has 0 radical (unpaired) electrons. The van der Waals surface area contributed by atoms with Gasteiger partial charge >= 0.3 is 0 Å². The van der Waals surface area contributed by atoms with Gasteiger partial charge in [0.25, 0.3) is 5.91 Å². The number of halogens is 2. The van der Waals surface area contributed by atoms with Gasteiger partial charge in [-0.05, 0) is 89.4 Å². The van der Waals surface area contributed by atoms with Gasteiger partial charge in [-0.3, -0.25) is 4.79 Å². The molecule has 7 heteroatoms. The van der Waals surface area contributed by atoms with Gasteiger partial charge in [-0.25, -0.2) is 0 Å². The first-order valence-corrected chi connectivity index (χ1v) is 10.9. The quantitative estimate of drug-likeness (QED) is 0.430. The Hall–Kier alpha value is -2.12. The van der Waals surface area contributed by atoms with Gasteiger partial charge in [-0.2, -0.15) is 10.1 Å². The summed E-state index contributed by atoms with van der Waals surface area (Å²) in [6.07, 6.45) is 1.82. The number of carbonyl (C=O) groups excluding carboxylic acids is 1. The number of hydrazone groups is 1. The number of rotatable bonds is 6. The van der Waals surface area contributed by atoms with Gasteiger partial charge in [0, 0.05) is 4.47 Å². The number of anilines is 1. The number of amides is 1. The van der Waals surface area contributed by atoms with Crippen LogP contribution in [0.2, 0.25) is 0 Å². The predicted octanol–water partition coefficient (Wildman–Crippen LogP) is 6.12. The van der Waals surface area contributed by atoms with Crippen LogP contribution in [-0.2, 0) is 4.79 Å². The molecular formula is C22H22Br2N2O3. The second-order valence-electron chi connectivity index (χ2n) is 6.48. The van der Waals surface area contributed by atoms with E-state index < -0.39 is 0 Å². The lowest BCUT2D eigenvalue weighted by molar-refractivity contribution is -0.114. The van der Waals surface area contributed by atoms with E-state index in [1.54, 1.807) is 0 Å². The molecular weight excluding hydrogens is 500 g/mol. The van der Waals surface area contributed by atoms with E-state index in [0.29, 0.717) is 36.0 Å². The second kappa shape index (κ2) is 9.13. The first kappa shape index (κ1) is 21.6.